The van der Waals surface area contributed by atoms with Gasteiger partial charge in [0.05, 0.1) is 5.56 Å². The molecule has 6 heteroatoms. The number of carbonyl (C=O) groups is 2. The largest absolute Gasteiger partial charge is 0.519 e. The quantitative estimate of drug-likeness (QED) is 0.354. The molecular weight excluding hydrogens is 416 g/mol. The van der Waals surface area contributed by atoms with Crippen molar-refractivity contribution in [1.29, 1.82) is 0 Å². The molecule has 0 unspecified atom stereocenters. The summed E-state index contributed by atoms with van der Waals surface area (Å²) in [5, 5.41) is 10.1. The lowest BCUT2D eigenvalue weighted by Gasteiger charge is -2.23. The van der Waals surface area contributed by atoms with Gasteiger partial charge in [-0.3, -0.25) is 0 Å². The first-order chi connectivity index (χ1) is 14.6. The number of hydrogen-bond donors (Lipinski definition) is 1. The Labute approximate surface area is 186 Å². The molecule has 0 radical (unpaired) electrons. The van der Waals surface area contributed by atoms with Crippen LogP contribution in [0.1, 0.15) is 42.3 Å². The van der Waals surface area contributed by atoms with Gasteiger partial charge >= 0.3 is 12.1 Å². The highest BCUT2D eigenvalue weighted by molar-refractivity contribution is 6.31. The number of benzene rings is 3. The molecule has 0 aromatic heterocycles. The molecule has 0 atom stereocenters. The molecular formula is C25H23ClO5. The van der Waals surface area contributed by atoms with Crippen LogP contribution >= 0.6 is 11.6 Å². The minimum Gasteiger partial charge on any atom is -0.478 e. The second-order valence-corrected chi connectivity index (χ2v) is 8.61. The molecule has 0 bridgehead atoms. The Morgan fingerprint density at radius 1 is 0.935 bits per heavy atom. The van der Waals surface area contributed by atoms with E-state index in [9.17, 15) is 14.7 Å². The van der Waals surface area contributed by atoms with Crippen LogP contribution in [0, 0.1) is 6.92 Å². The van der Waals surface area contributed by atoms with Crippen LogP contribution in [-0.4, -0.2) is 17.2 Å². The molecule has 0 saturated carbocycles. The van der Waals surface area contributed by atoms with Gasteiger partial charge in [0.25, 0.3) is 0 Å². The van der Waals surface area contributed by atoms with Crippen LogP contribution < -0.4 is 9.47 Å². The zero-order valence-electron chi connectivity index (χ0n) is 17.7. The van der Waals surface area contributed by atoms with E-state index in [4.69, 9.17) is 21.1 Å². The van der Waals surface area contributed by atoms with Crippen molar-refractivity contribution in [3.63, 3.8) is 0 Å². The van der Waals surface area contributed by atoms with Gasteiger partial charge in [0.2, 0.25) is 0 Å². The number of carbonyl (C=O) groups excluding carboxylic acids is 1. The molecule has 5 nitrogen and oxygen atoms in total. The van der Waals surface area contributed by atoms with Gasteiger partial charge in [0, 0.05) is 16.1 Å². The second kappa shape index (κ2) is 8.82. The van der Waals surface area contributed by atoms with Gasteiger partial charge in [-0.25, -0.2) is 9.59 Å². The number of carboxylic acid groups (broad SMARTS) is 1. The van der Waals surface area contributed by atoms with Crippen LogP contribution in [0.15, 0.2) is 60.7 Å². The van der Waals surface area contributed by atoms with E-state index in [0.29, 0.717) is 21.9 Å². The summed E-state index contributed by atoms with van der Waals surface area (Å²) in [5.74, 6) is -0.564. The normalized spacial score (nSPS) is 11.1. The van der Waals surface area contributed by atoms with Gasteiger partial charge in [0.1, 0.15) is 11.5 Å². The first-order valence-corrected chi connectivity index (χ1v) is 10.1. The first kappa shape index (κ1) is 22.4. The van der Waals surface area contributed by atoms with E-state index in [1.54, 1.807) is 42.5 Å². The van der Waals surface area contributed by atoms with E-state index in [2.05, 4.69) is 0 Å². The van der Waals surface area contributed by atoms with E-state index in [1.165, 1.54) is 12.1 Å². The van der Waals surface area contributed by atoms with Crippen molar-refractivity contribution in [2.75, 3.05) is 0 Å². The number of rotatable bonds is 4. The average molecular weight is 439 g/mol. The Balaban J connectivity index is 2.14. The van der Waals surface area contributed by atoms with Crippen molar-refractivity contribution in [3.8, 4) is 22.6 Å². The van der Waals surface area contributed by atoms with Gasteiger partial charge in [-0.15, -0.1) is 0 Å². The molecule has 0 heterocycles. The van der Waals surface area contributed by atoms with Gasteiger partial charge in [-0.1, -0.05) is 56.6 Å². The van der Waals surface area contributed by atoms with Gasteiger partial charge in [-0.2, -0.15) is 0 Å². The van der Waals surface area contributed by atoms with Gasteiger partial charge in [0.15, 0.2) is 0 Å². The molecule has 160 valence electrons. The highest BCUT2D eigenvalue weighted by Crippen LogP contribution is 2.40. The fourth-order valence-corrected chi connectivity index (χ4v) is 3.39. The molecule has 0 aliphatic carbocycles. The smallest absolute Gasteiger partial charge is 0.478 e. The number of halogens is 1. The predicted octanol–water partition coefficient (Wildman–Crippen LogP) is 6.89. The van der Waals surface area contributed by atoms with Gasteiger partial charge < -0.3 is 14.6 Å². The lowest BCUT2D eigenvalue weighted by molar-refractivity contribution is 0.0697. The molecule has 0 aliphatic heterocycles. The Kier molecular flexibility index (Phi) is 6.37. The number of carboxylic acids is 1. The third kappa shape index (κ3) is 5.25. The molecule has 31 heavy (non-hydrogen) atoms. The van der Waals surface area contributed by atoms with Crippen LogP contribution in [-0.2, 0) is 5.41 Å². The number of para-hydroxylation sites is 1. The van der Waals surface area contributed by atoms with Crippen molar-refractivity contribution in [3.05, 3.63) is 82.4 Å². The summed E-state index contributed by atoms with van der Waals surface area (Å²) >= 11 is 6.17. The average Bonchev–Trinajstić information content (AvgIpc) is 2.67. The third-order valence-electron chi connectivity index (χ3n) is 4.78. The molecule has 0 spiro atoms. The molecule has 0 fully saturated rings. The maximum Gasteiger partial charge on any atom is 0.519 e. The molecule has 0 saturated heterocycles. The van der Waals surface area contributed by atoms with Crippen molar-refractivity contribution >= 4 is 23.7 Å². The van der Waals surface area contributed by atoms with E-state index in [-0.39, 0.29) is 16.7 Å². The molecule has 3 aromatic rings. The number of aromatic carboxylic acids is 1. The predicted molar refractivity (Wildman–Crippen MR) is 120 cm³/mol. The van der Waals surface area contributed by atoms with Crippen LogP contribution in [0.2, 0.25) is 5.02 Å². The summed E-state index contributed by atoms with van der Waals surface area (Å²) in [7, 11) is 0. The SMILES string of the molecule is Cc1cc(C(C)(C)C)cc(OC(=O)Oc2ccccc2)c1-c1cc(Cl)ccc1C(=O)O. The van der Waals surface area contributed by atoms with E-state index in [1.807, 2.05) is 33.8 Å². The third-order valence-corrected chi connectivity index (χ3v) is 5.02. The maximum absolute atomic E-state index is 12.5. The fourth-order valence-electron chi connectivity index (χ4n) is 3.22. The minimum absolute atomic E-state index is 0.0530. The van der Waals surface area contributed by atoms with Crippen LogP contribution in [0.4, 0.5) is 4.79 Å². The highest BCUT2D eigenvalue weighted by Gasteiger charge is 2.24. The standard InChI is InChI=1S/C25H23ClO5/c1-15-12-16(25(2,3)4)13-21(31-24(29)30-18-8-6-5-7-9-18)22(15)20-14-17(26)10-11-19(20)23(27)28/h5-14H,1-4H3,(H,27,28). The summed E-state index contributed by atoms with van der Waals surface area (Å²) < 4.78 is 10.9. The topological polar surface area (TPSA) is 72.8 Å². The number of hydrogen-bond acceptors (Lipinski definition) is 4. The minimum atomic E-state index is -1.11. The summed E-state index contributed by atoms with van der Waals surface area (Å²) in [6, 6.07) is 16.8. The Morgan fingerprint density at radius 2 is 1.61 bits per heavy atom. The zero-order valence-corrected chi connectivity index (χ0v) is 18.5. The van der Waals surface area contributed by atoms with Gasteiger partial charge in [-0.05, 0) is 59.9 Å². The first-order valence-electron chi connectivity index (χ1n) is 9.69. The maximum atomic E-state index is 12.5. The number of ether oxygens (including phenoxy) is 2. The van der Waals surface area contributed by atoms with Crippen molar-refractivity contribution in [2.45, 2.75) is 33.1 Å². The van der Waals surface area contributed by atoms with Crippen LogP contribution in [0.25, 0.3) is 11.1 Å². The van der Waals surface area contributed by atoms with Crippen molar-refractivity contribution in [1.82, 2.24) is 0 Å². The fraction of sp³-hybridized carbons (Fsp3) is 0.200. The molecule has 0 aliphatic rings. The Bertz CT molecular complexity index is 1130. The van der Waals surface area contributed by atoms with E-state index in [0.717, 1.165) is 11.1 Å². The molecule has 3 rings (SSSR count). The Hall–Kier alpha value is -3.31. The molecule has 0 amide bonds. The zero-order chi connectivity index (χ0) is 22.8. The van der Waals surface area contributed by atoms with Crippen LogP contribution in [0.5, 0.6) is 11.5 Å². The summed E-state index contributed by atoms with van der Waals surface area (Å²) in [6.45, 7) is 7.95. The molecule has 1 N–H and O–H groups in total. The van der Waals surface area contributed by atoms with Crippen molar-refractivity contribution < 1.29 is 24.2 Å². The highest BCUT2D eigenvalue weighted by atomic mass is 35.5. The van der Waals surface area contributed by atoms with Crippen molar-refractivity contribution in [2.24, 2.45) is 0 Å². The van der Waals surface area contributed by atoms with E-state index < -0.39 is 12.1 Å². The Morgan fingerprint density at radius 3 is 2.23 bits per heavy atom. The summed E-state index contributed by atoms with van der Waals surface area (Å²) in [5.41, 5.74) is 2.33. The lowest BCUT2D eigenvalue weighted by Crippen LogP contribution is -2.17. The monoisotopic (exact) mass is 438 g/mol. The lowest BCUT2D eigenvalue weighted by atomic mass is 9.83. The molecule has 3 aromatic carbocycles. The summed E-state index contributed by atoms with van der Waals surface area (Å²) in [4.78, 5) is 24.4. The number of aryl methyl sites for hydroxylation is 1. The second-order valence-electron chi connectivity index (χ2n) is 8.18. The van der Waals surface area contributed by atoms with E-state index >= 15 is 0 Å². The summed E-state index contributed by atoms with van der Waals surface area (Å²) in [6.07, 6.45) is -0.920. The van der Waals surface area contributed by atoms with Crippen LogP contribution in [0.3, 0.4) is 0 Å².